The van der Waals surface area contributed by atoms with Crippen LogP contribution >= 0.6 is 11.8 Å². The van der Waals surface area contributed by atoms with Crippen molar-refractivity contribution >= 4 is 29.4 Å². The second-order valence-electron chi connectivity index (χ2n) is 7.92. The van der Waals surface area contributed by atoms with Crippen molar-refractivity contribution in [2.45, 2.75) is 43.9 Å². The van der Waals surface area contributed by atoms with Crippen LogP contribution in [-0.2, 0) is 25.7 Å². The number of ether oxygens (including phenoxy) is 1. The lowest BCUT2D eigenvalue weighted by molar-refractivity contribution is -0.145. The second-order valence-corrected chi connectivity index (χ2v) is 8.90. The standard InChI is InChI=1S/C23H33N5O4S/c1-32-23(31)19(9-11-33-2)27-21(30)15-28(14-17-7-4-3-6-16(17)12-24)22(20(29)13-25)18-8-5-10-26-18/h3-4,6-7,18-19,22,26H,5,8-11,13-15,25H2,1-2H3,(H,27,30)/t18-,19-,22?/m0/s1. The van der Waals surface area contributed by atoms with Crippen molar-refractivity contribution in [3.05, 3.63) is 35.4 Å². The number of nitrogens with zero attached hydrogens (tertiary/aromatic N) is 2. The van der Waals surface area contributed by atoms with E-state index in [1.807, 2.05) is 18.4 Å². The third-order valence-electron chi connectivity index (χ3n) is 5.69. The highest BCUT2D eigenvalue weighted by molar-refractivity contribution is 7.98. The van der Waals surface area contributed by atoms with Gasteiger partial charge in [0.1, 0.15) is 6.04 Å². The molecule has 4 N–H and O–H groups in total. The van der Waals surface area contributed by atoms with Crippen LogP contribution in [0.4, 0.5) is 0 Å². The van der Waals surface area contributed by atoms with E-state index < -0.39 is 24.0 Å². The van der Waals surface area contributed by atoms with Crippen LogP contribution in [-0.4, -0.2) is 79.4 Å². The third-order valence-corrected chi connectivity index (χ3v) is 6.34. The maximum absolute atomic E-state index is 13.0. The minimum atomic E-state index is -0.767. The fourth-order valence-electron chi connectivity index (χ4n) is 4.07. The molecule has 0 saturated carbocycles. The third kappa shape index (κ3) is 7.82. The van der Waals surface area contributed by atoms with Crippen molar-refractivity contribution in [1.82, 2.24) is 15.5 Å². The predicted octanol–water partition coefficient (Wildman–Crippen LogP) is 0.420. The lowest BCUT2D eigenvalue weighted by Crippen LogP contribution is -2.56. The fraction of sp³-hybridized carbons (Fsp3) is 0.565. The van der Waals surface area contributed by atoms with Crippen molar-refractivity contribution in [3.8, 4) is 6.07 Å². The minimum absolute atomic E-state index is 0.124. The molecule has 1 aliphatic rings. The monoisotopic (exact) mass is 475 g/mol. The summed E-state index contributed by atoms with van der Waals surface area (Å²) >= 11 is 1.57. The SMILES string of the molecule is COC(=O)[C@H](CCSC)NC(=O)CN(Cc1ccccc1C#N)C(C(=O)CN)[C@@H]1CCCN1. The Labute approximate surface area is 199 Å². The molecule has 1 saturated heterocycles. The molecule has 0 aliphatic carbocycles. The van der Waals surface area contributed by atoms with Gasteiger partial charge in [0, 0.05) is 12.6 Å². The smallest absolute Gasteiger partial charge is 0.328 e. The number of nitriles is 1. The molecule has 10 heteroatoms. The highest BCUT2D eigenvalue weighted by atomic mass is 32.2. The second kappa shape index (κ2) is 14.0. The van der Waals surface area contributed by atoms with Crippen LogP contribution in [0.25, 0.3) is 0 Å². The van der Waals surface area contributed by atoms with E-state index in [2.05, 4.69) is 16.7 Å². The first-order valence-electron chi connectivity index (χ1n) is 11.0. The van der Waals surface area contributed by atoms with E-state index in [0.717, 1.165) is 19.4 Å². The van der Waals surface area contributed by atoms with E-state index in [4.69, 9.17) is 10.5 Å². The molecule has 1 aromatic rings. The average molecular weight is 476 g/mol. The Kier molecular flexibility index (Phi) is 11.3. The number of benzene rings is 1. The van der Waals surface area contributed by atoms with Gasteiger partial charge in [0.15, 0.2) is 5.78 Å². The molecular weight excluding hydrogens is 442 g/mol. The van der Waals surface area contributed by atoms with Crippen LogP contribution in [0.5, 0.6) is 0 Å². The molecule has 0 radical (unpaired) electrons. The number of hydrogen-bond donors (Lipinski definition) is 3. The lowest BCUT2D eigenvalue weighted by Gasteiger charge is -2.34. The molecule has 1 aromatic carbocycles. The average Bonchev–Trinajstić information content (AvgIpc) is 3.35. The Bertz CT molecular complexity index is 853. The summed E-state index contributed by atoms with van der Waals surface area (Å²) in [5.74, 6) is -0.400. The summed E-state index contributed by atoms with van der Waals surface area (Å²) in [6.07, 6.45) is 4.06. The van der Waals surface area contributed by atoms with Crippen molar-refractivity contribution in [1.29, 1.82) is 5.26 Å². The number of ketones is 1. The fourth-order valence-corrected chi connectivity index (χ4v) is 4.55. The molecular formula is C23H33N5O4S. The highest BCUT2D eigenvalue weighted by Gasteiger charge is 2.36. The molecule has 1 unspecified atom stereocenters. The van der Waals surface area contributed by atoms with Crippen LogP contribution in [0, 0.1) is 11.3 Å². The van der Waals surface area contributed by atoms with Gasteiger partial charge in [-0.25, -0.2) is 4.79 Å². The zero-order valence-corrected chi connectivity index (χ0v) is 20.0. The van der Waals surface area contributed by atoms with E-state index >= 15 is 0 Å². The number of Topliss-reactive ketones (excluding diaryl/α,β-unsaturated/α-hetero) is 1. The number of rotatable bonds is 13. The molecule has 0 aromatic heterocycles. The first kappa shape index (κ1) is 26.8. The van der Waals surface area contributed by atoms with Crippen molar-refractivity contribution in [2.75, 3.05) is 38.8 Å². The Morgan fingerprint density at radius 3 is 2.76 bits per heavy atom. The summed E-state index contributed by atoms with van der Waals surface area (Å²) in [4.78, 5) is 39.8. The summed E-state index contributed by atoms with van der Waals surface area (Å²) in [7, 11) is 1.29. The van der Waals surface area contributed by atoms with Gasteiger partial charge in [-0.05, 0) is 49.4 Å². The Hall–Kier alpha value is -2.45. The maximum atomic E-state index is 13.0. The van der Waals surface area contributed by atoms with Gasteiger partial charge in [-0.15, -0.1) is 0 Å². The number of amides is 1. The van der Waals surface area contributed by atoms with E-state index in [1.165, 1.54) is 7.11 Å². The molecule has 1 amide bonds. The Balaban J connectivity index is 2.30. The van der Waals surface area contributed by atoms with Crippen molar-refractivity contribution < 1.29 is 19.1 Å². The van der Waals surface area contributed by atoms with E-state index in [9.17, 15) is 19.6 Å². The molecule has 9 nitrogen and oxygen atoms in total. The number of hydrogen-bond acceptors (Lipinski definition) is 9. The molecule has 2 rings (SSSR count). The van der Waals surface area contributed by atoms with Gasteiger partial charge in [-0.3, -0.25) is 14.5 Å². The number of methoxy groups -OCH3 is 1. The first-order chi connectivity index (χ1) is 15.9. The molecule has 1 heterocycles. The van der Waals surface area contributed by atoms with E-state index in [-0.39, 0.29) is 31.5 Å². The molecule has 33 heavy (non-hydrogen) atoms. The quantitative estimate of drug-likeness (QED) is 0.347. The molecule has 3 atom stereocenters. The zero-order chi connectivity index (χ0) is 24.2. The number of esters is 1. The van der Waals surface area contributed by atoms with Gasteiger partial charge in [0.2, 0.25) is 5.91 Å². The predicted molar refractivity (Wildman–Crippen MR) is 127 cm³/mol. The van der Waals surface area contributed by atoms with E-state index in [1.54, 1.807) is 28.8 Å². The van der Waals surface area contributed by atoms with Gasteiger partial charge in [-0.1, -0.05) is 18.2 Å². The summed E-state index contributed by atoms with van der Waals surface area (Å²) in [6.45, 7) is 0.729. The van der Waals surface area contributed by atoms with Crippen LogP contribution in [0.3, 0.4) is 0 Å². The van der Waals surface area contributed by atoms with Crippen LogP contribution in [0.1, 0.15) is 30.4 Å². The van der Waals surface area contributed by atoms with Gasteiger partial charge < -0.3 is 21.1 Å². The summed E-state index contributed by atoms with van der Waals surface area (Å²) < 4.78 is 4.83. The molecule has 180 valence electrons. The van der Waals surface area contributed by atoms with Gasteiger partial charge in [0.05, 0.1) is 37.9 Å². The van der Waals surface area contributed by atoms with Crippen LogP contribution in [0.15, 0.2) is 24.3 Å². The largest absolute Gasteiger partial charge is 0.467 e. The lowest BCUT2D eigenvalue weighted by atomic mass is 9.98. The van der Waals surface area contributed by atoms with E-state index in [0.29, 0.717) is 23.3 Å². The zero-order valence-electron chi connectivity index (χ0n) is 19.2. The molecule has 0 spiro atoms. The van der Waals surface area contributed by atoms with Gasteiger partial charge in [0.25, 0.3) is 0 Å². The normalized spacial score (nSPS) is 17.2. The first-order valence-corrected chi connectivity index (χ1v) is 12.4. The number of carbonyl (C=O) groups is 3. The van der Waals surface area contributed by atoms with Crippen LogP contribution < -0.4 is 16.4 Å². The topological polar surface area (TPSA) is 138 Å². The molecule has 1 fully saturated rings. The Morgan fingerprint density at radius 2 is 2.15 bits per heavy atom. The maximum Gasteiger partial charge on any atom is 0.328 e. The minimum Gasteiger partial charge on any atom is -0.467 e. The molecule has 0 bridgehead atoms. The Morgan fingerprint density at radius 1 is 1.39 bits per heavy atom. The van der Waals surface area contributed by atoms with Gasteiger partial charge >= 0.3 is 5.97 Å². The highest BCUT2D eigenvalue weighted by Crippen LogP contribution is 2.20. The number of nitrogens with one attached hydrogen (secondary N) is 2. The summed E-state index contributed by atoms with van der Waals surface area (Å²) in [5.41, 5.74) is 6.93. The number of nitrogens with two attached hydrogens (primary N) is 1. The van der Waals surface area contributed by atoms with Gasteiger partial charge in [-0.2, -0.15) is 17.0 Å². The summed E-state index contributed by atoms with van der Waals surface area (Å²) in [6, 6.07) is 7.73. The van der Waals surface area contributed by atoms with Crippen molar-refractivity contribution in [3.63, 3.8) is 0 Å². The van der Waals surface area contributed by atoms with Crippen LogP contribution in [0.2, 0.25) is 0 Å². The summed E-state index contributed by atoms with van der Waals surface area (Å²) in [5, 5.41) is 15.6. The number of carbonyl (C=O) groups excluding carboxylic acids is 3. The van der Waals surface area contributed by atoms with Crippen molar-refractivity contribution in [2.24, 2.45) is 5.73 Å². The number of thioether (sulfide) groups is 1. The molecule has 1 aliphatic heterocycles.